The summed E-state index contributed by atoms with van der Waals surface area (Å²) in [5, 5.41) is 10.3. The van der Waals surface area contributed by atoms with Crippen molar-refractivity contribution in [1.29, 1.82) is 0 Å². The first-order valence-corrected chi connectivity index (χ1v) is 7.05. The van der Waals surface area contributed by atoms with Gasteiger partial charge >= 0.3 is 0 Å². The number of rotatable bonds is 4. The molecule has 2 N–H and O–H groups in total. The summed E-state index contributed by atoms with van der Waals surface area (Å²) in [5.74, 6) is 0.157. The van der Waals surface area contributed by atoms with Gasteiger partial charge in [-0.2, -0.15) is 0 Å². The first kappa shape index (κ1) is 14.7. The maximum Gasteiger partial charge on any atom is 0.261 e. The molecule has 1 aromatic carbocycles. The summed E-state index contributed by atoms with van der Waals surface area (Å²) in [6.45, 7) is 0.204. The first-order chi connectivity index (χ1) is 11.1. The van der Waals surface area contributed by atoms with Crippen LogP contribution in [0.25, 0.3) is 11.3 Å². The van der Waals surface area contributed by atoms with E-state index in [0.29, 0.717) is 11.5 Å². The molecule has 23 heavy (non-hydrogen) atoms. The average molecular weight is 309 g/mol. The van der Waals surface area contributed by atoms with Crippen molar-refractivity contribution in [2.24, 2.45) is 7.05 Å². The van der Waals surface area contributed by atoms with E-state index in [4.69, 9.17) is 0 Å². The minimum atomic E-state index is -0.450. The van der Waals surface area contributed by atoms with Gasteiger partial charge in [-0.05, 0) is 17.7 Å². The highest BCUT2D eigenvalue weighted by Gasteiger charge is 2.12. The van der Waals surface area contributed by atoms with Crippen LogP contribution in [0.5, 0.6) is 0 Å². The van der Waals surface area contributed by atoms with Gasteiger partial charge in [-0.1, -0.05) is 30.3 Å². The number of aromatic nitrogens is 4. The largest absolute Gasteiger partial charge is 0.345 e. The molecule has 0 aliphatic carbocycles. The van der Waals surface area contributed by atoms with Gasteiger partial charge in [0.1, 0.15) is 11.9 Å². The predicted molar refractivity (Wildman–Crippen MR) is 84.7 cm³/mol. The van der Waals surface area contributed by atoms with Gasteiger partial charge in [0.2, 0.25) is 0 Å². The molecular formula is C16H15N5O2. The van der Waals surface area contributed by atoms with E-state index in [2.05, 4.69) is 20.5 Å². The minimum Gasteiger partial charge on any atom is -0.345 e. The van der Waals surface area contributed by atoms with Crippen molar-refractivity contribution in [3.05, 3.63) is 70.5 Å². The van der Waals surface area contributed by atoms with E-state index in [1.807, 2.05) is 30.3 Å². The summed E-state index contributed by atoms with van der Waals surface area (Å²) < 4.78 is 1.70. The zero-order chi connectivity index (χ0) is 16.2. The topological polar surface area (TPSA) is 92.7 Å². The Morgan fingerprint density at radius 2 is 2.00 bits per heavy atom. The Morgan fingerprint density at radius 3 is 2.65 bits per heavy atom. The second-order valence-electron chi connectivity index (χ2n) is 5.02. The van der Waals surface area contributed by atoms with E-state index in [9.17, 15) is 9.59 Å². The van der Waals surface area contributed by atoms with Crippen LogP contribution in [0.3, 0.4) is 0 Å². The second kappa shape index (κ2) is 6.27. The van der Waals surface area contributed by atoms with Crippen molar-refractivity contribution in [3.63, 3.8) is 0 Å². The molecule has 116 valence electrons. The highest BCUT2D eigenvalue weighted by Crippen LogP contribution is 2.14. The Hall–Kier alpha value is -3.22. The van der Waals surface area contributed by atoms with E-state index < -0.39 is 11.5 Å². The third-order valence-corrected chi connectivity index (χ3v) is 3.45. The molecule has 0 aliphatic rings. The number of nitrogens with zero attached hydrogens (tertiary/aromatic N) is 3. The van der Waals surface area contributed by atoms with Crippen LogP contribution in [-0.4, -0.2) is 25.7 Å². The zero-order valence-electron chi connectivity index (χ0n) is 12.5. The number of hydrogen-bond acceptors (Lipinski definition) is 4. The summed E-state index contributed by atoms with van der Waals surface area (Å²) in [6, 6.07) is 12.7. The van der Waals surface area contributed by atoms with Crippen molar-refractivity contribution < 1.29 is 4.79 Å². The summed E-state index contributed by atoms with van der Waals surface area (Å²) in [4.78, 5) is 27.0. The molecule has 2 aromatic heterocycles. The van der Waals surface area contributed by atoms with E-state index in [-0.39, 0.29) is 12.1 Å². The SMILES string of the molecule is Cn1cnnc1CNC(=O)c1ccc(-c2ccccc2)[nH]c1=O. The molecule has 0 unspecified atom stereocenters. The van der Waals surface area contributed by atoms with Crippen LogP contribution < -0.4 is 10.9 Å². The van der Waals surface area contributed by atoms with Crippen LogP contribution in [0.2, 0.25) is 0 Å². The number of pyridine rings is 1. The van der Waals surface area contributed by atoms with Crippen molar-refractivity contribution in [2.75, 3.05) is 0 Å². The fourth-order valence-corrected chi connectivity index (χ4v) is 2.16. The lowest BCUT2D eigenvalue weighted by Gasteiger charge is -2.06. The molecule has 0 radical (unpaired) electrons. The number of amides is 1. The maximum atomic E-state index is 12.1. The van der Waals surface area contributed by atoms with E-state index in [0.717, 1.165) is 5.56 Å². The van der Waals surface area contributed by atoms with Gasteiger partial charge in [0, 0.05) is 12.7 Å². The monoisotopic (exact) mass is 309 g/mol. The number of hydrogen-bond donors (Lipinski definition) is 2. The molecule has 0 spiro atoms. The standard InChI is InChI=1S/C16H15N5O2/c1-21-10-18-20-14(21)9-17-15(22)12-7-8-13(19-16(12)23)11-5-3-2-4-6-11/h2-8,10H,9H2,1H3,(H,17,22)(H,19,23). The lowest BCUT2D eigenvalue weighted by Crippen LogP contribution is -2.30. The predicted octanol–water partition coefficient (Wildman–Crippen LogP) is 1.10. The lowest BCUT2D eigenvalue weighted by atomic mass is 10.1. The third kappa shape index (κ3) is 3.18. The normalized spacial score (nSPS) is 10.5. The van der Waals surface area contributed by atoms with Gasteiger partial charge in [0.05, 0.1) is 6.54 Å². The van der Waals surface area contributed by atoms with Gasteiger partial charge in [-0.15, -0.1) is 10.2 Å². The van der Waals surface area contributed by atoms with Gasteiger partial charge in [0.25, 0.3) is 11.5 Å². The number of aromatic amines is 1. The van der Waals surface area contributed by atoms with E-state index >= 15 is 0 Å². The fraction of sp³-hybridized carbons (Fsp3) is 0.125. The number of carbonyl (C=O) groups excluding carboxylic acids is 1. The van der Waals surface area contributed by atoms with E-state index in [1.54, 1.807) is 24.0 Å². The molecule has 0 saturated carbocycles. The molecule has 0 saturated heterocycles. The van der Waals surface area contributed by atoms with Gasteiger partial charge in [0.15, 0.2) is 5.82 Å². The number of H-pyrrole nitrogens is 1. The van der Waals surface area contributed by atoms with Crippen molar-refractivity contribution in [3.8, 4) is 11.3 Å². The highest BCUT2D eigenvalue weighted by molar-refractivity contribution is 5.93. The Kier molecular flexibility index (Phi) is 4.01. The van der Waals surface area contributed by atoms with Gasteiger partial charge in [-0.25, -0.2) is 0 Å². The molecule has 0 aliphatic heterocycles. The number of carbonyl (C=O) groups is 1. The summed E-state index contributed by atoms with van der Waals surface area (Å²) in [7, 11) is 1.78. The average Bonchev–Trinajstić information content (AvgIpc) is 2.98. The molecular weight excluding hydrogens is 294 g/mol. The molecule has 7 heteroatoms. The number of benzene rings is 1. The Balaban J connectivity index is 1.77. The second-order valence-corrected chi connectivity index (χ2v) is 5.02. The molecule has 0 bridgehead atoms. The smallest absolute Gasteiger partial charge is 0.261 e. The molecule has 2 heterocycles. The van der Waals surface area contributed by atoms with E-state index in [1.165, 1.54) is 6.07 Å². The number of nitrogens with one attached hydrogen (secondary N) is 2. The van der Waals surface area contributed by atoms with Crippen LogP contribution in [0.15, 0.2) is 53.6 Å². The third-order valence-electron chi connectivity index (χ3n) is 3.45. The number of aryl methyl sites for hydroxylation is 1. The van der Waals surface area contributed by atoms with Crippen LogP contribution in [0, 0.1) is 0 Å². The van der Waals surface area contributed by atoms with Crippen molar-refractivity contribution in [1.82, 2.24) is 25.1 Å². The van der Waals surface area contributed by atoms with Gasteiger partial charge < -0.3 is 14.9 Å². The quantitative estimate of drug-likeness (QED) is 0.755. The fourth-order valence-electron chi connectivity index (χ4n) is 2.16. The van der Waals surface area contributed by atoms with Crippen molar-refractivity contribution in [2.45, 2.75) is 6.54 Å². The molecule has 3 aromatic rings. The molecule has 7 nitrogen and oxygen atoms in total. The molecule has 0 atom stereocenters. The van der Waals surface area contributed by atoms with Crippen LogP contribution in [0.4, 0.5) is 0 Å². The van der Waals surface area contributed by atoms with Crippen LogP contribution >= 0.6 is 0 Å². The molecule has 0 fully saturated rings. The maximum absolute atomic E-state index is 12.1. The lowest BCUT2D eigenvalue weighted by molar-refractivity contribution is 0.0948. The Labute approximate surface area is 132 Å². The molecule has 3 rings (SSSR count). The van der Waals surface area contributed by atoms with Crippen molar-refractivity contribution >= 4 is 5.91 Å². The van der Waals surface area contributed by atoms with Crippen LogP contribution in [-0.2, 0) is 13.6 Å². The van der Waals surface area contributed by atoms with Crippen LogP contribution in [0.1, 0.15) is 16.2 Å². The minimum absolute atomic E-state index is 0.0619. The highest BCUT2D eigenvalue weighted by atomic mass is 16.2. The summed E-state index contributed by atoms with van der Waals surface area (Å²) in [6.07, 6.45) is 1.54. The molecule has 1 amide bonds. The first-order valence-electron chi connectivity index (χ1n) is 7.05. The summed E-state index contributed by atoms with van der Waals surface area (Å²) >= 11 is 0. The zero-order valence-corrected chi connectivity index (χ0v) is 12.5. The van der Waals surface area contributed by atoms with Gasteiger partial charge in [-0.3, -0.25) is 9.59 Å². The summed E-state index contributed by atoms with van der Waals surface area (Å²) in [5.41, 5.74) is 1.18. The Bertz CT molecular complexity index is 883. The Morgan fingerprint density at radius 1 is 1.22 bits per heavy atom.